The molecule has 0 aliphatic carbocycles. The van der Waals surface area contributed by atoms with Crippen molar-refractivity contribution in [3.8, 4) is 0 Å². The lowest BCUT2D eigenvalue weighted by Crippen LogP contribution is -2.46. The number of amides is 1. The molecule has 0 aromatic heterocycles. The van der Waals surface area contributed by atoms with Crippen LogP contribution in [0.15, 0.2) is 64.4 Å². The summed E-state index contributed by atoms with van der Waals surface area (Å²) in [6.45, 7) is 0.770. The zero-order valence-corrected chi connectivity index (χ0v) is 13.3. The number of carboxylic acids is 1. The quantitative estimate of drug-likeness (QED) is 0.757. The number of carbonyl (C=O) groups excluding carboxylic acids is 1. The van der Waals surface area contributed by atoms with Gasteiger partial charge in [0.1, 0.15) is 0 Å². The minimum Gasteiger partial charge on any atom is -0.479 e. The molecule has 2 aromatic rings. The highest BCUT2D eigenvalue weighted by Gasteiger charge is 2.30. The second-order valence-electron chi connectivity index (χ2n) is 5.17. The number of aliphatic hydroxyl groups is 1. The van der Waals surface area contributed by atoms with E-state index in [4.69, 9.17) is 5.11 Å². The topological polar surface area (TPSA) is 86.6 Å². The minimum absolute atomic E-state index is 0.370. The summed E-state index contributed by atoms with van der Waals surface area (Å²) in [5, 5.41) is 21.0. The highest BCUT2D eigenvalue weighted by Crippen LogP contribution is 2.30. The van der Waals surface area contributed by atoms with Crippen LogP contribution in [-0.2, 0) is 4.79 Å². The molecule has 0 fully saturated rings. The molecule has 0 heterocycles. The molecular weight excluding hydrogens is 314 g/mol. The van der Waals surface area contributed by atoms with Gasteiger partial charge in [0, 0.05) is 9.79 Å². The van der Waals surface area contributed by atoms with Crippen LogP contribution in [0.25, 0.3) is 0 Å². The maximum absolute atomic E-state index is 12.3. The molecular formula is C17H17NO4S. The first kappa shape index (κ1) is 17.1. The molecule has 1 unspecified atom stereocenters. The van der Waals surface area contributed by atoms with Crippen LogP contribution in [0.5, 0.6) is 0 Å². The molecule has 2 aromatic carbocycles. The van der Waals surface area contributed by atoms with Gasteiger partial charge in [-0.3, -0.25) is 4.79 Å². The van der Waals surface area contributed by atoms with Gasteiger partial charge in [0.2, 0.25) is 0 Å². The van der Waals surface area contributed by atoms with Crippen LogP contribution in [0.1, 0.15) is 17.3 Å². The second kappa shape index (κ2) is 7.30. The largest absolute Gasteiger partial charge is 0.479 e. The smallest absolute Gasteiger partial charge is 0.337 e. The number of carboxylic acid groups (broad SMARTS) is 1. The second-order valence-corrected chi connectivity index (χ2v) is 6.29. The van der Waals surface area contributed by atoms with E-state index in [0.29, 0.717) is 5.56 Å². The number of hydrogen-bond acceptors (Lipinski definition) is 4. The molecule has 23 heavy (non-hydrogen) atoms. The van der Waals surface area contributed by atoms with Gasteiger partial charge < -0.3 is 15.5 Å². The Hall–Kier alpha value is -2.31. The minimum atomic E-state index is -2.00. The summed E-state index contributed by atoms with van der Waals surface area (Å²) in [6.07, 6.45) is 0. The SMILES string of the molecule is CC(O)(CNC(=O)c1ccccc1Sc1ccccc1)C(=O)O. The van der Waals surface area contributed by atoms with Crippen LogP contribution >= 0.6 is 11.8 Å². The van der Waals surface area contributed by atoms with Gasteiger partial charge in [-0.1, -0.05) is 42.1 Å². The van der Waals surface area contributed by atoms with E-state index in [1.807, 2.05) is 42.5 Å². The van der Waals surface area contributed by atoms with Crippen molar-refractivity contribution in [2.24, 2.45) is 0 Å². The molecule has 0 radical (unpaired) electrons. The molecule has 0 saturated carbocycles. The van der Waals surface area contributed by atoms with E-state index in [2.05, 4.69) is 5.32 Å². The maximum atomic E-state index is 12.3. The van der Waals surface area contributed by atoms with Gasteiger partial charge in [0.15, 0.2) is 5.60 Å². The molecule has 1 amide bonds. The summed E-state index contributed by atoms with van der Waals surface area (Å²) in [5.41, 5.74) is -1.57. The standard InChI is InChI=1S/C17H17NO4S/c1-17(22,16(20)21)11-18-15(19)13-9-5-6-10-14(13)23-12-7-3-2-4-8-12/h2-10,22H,11H2,1H3,(H,18,19)(H,20,21). The zero-order chi connectivity index (χ0) is 16.9. The molecule has 1 atom stereocenters. The summed E-state index contributed by atoms with van der Waals surface area (Å²) in [7, 11) is 0. The van der Waals surface area contributed by atoms with E-state index < -0.39 is 17.5 Å². The molecule has 5 nitrogen and oxygen atoms in total. The molecule has 120 valence electrons. The van der Waals surface area contributed by atoms with Crippen LogP contribution < -0.4 is 5.32 Å². The van der Waals surface area contributed by atoms with Crippen molar-refractivity contribution in [3.63, 3.8) is 0 Å². The first-order valence-electron chi connectivity index (χ1n) is 6.96. The fourth-order valence-corrected chi connectivity index (χ4v) is 2.75. The first-order valence-corrected chi connectivity index (χ1v) is 7.78. The van der Waals surface area contributed by atoms with Crippen molar-refractivity contribution >= 4 is 23.6 Å². The average molecular weight is 331 g/mol. The summed E-state index contributed by atoms with van der Waals surface area (Å²) in [6, 6.07) is 16.7. The fourth-order valence-electron chi connectivity index (χ4n) is 1.78. The first-order chi connectivity index (χ1) is 10.9. The molecule has 6 heteroatoms. The lowest BCUT2D eigenvalue weighted by molar-refractivity contribution is -0.155. The van der Waals surface area contributed by atoms with Crippen LogP contribution in [0.2, 0.25) is 0 Å². The molecule has 0 bridgehead atoms. The Balaban J connectivity index is 2.13. The Labute approximate surface area is 138 Å². The van der Waals surface area contributed by atoms with Gasteiger partial charge in [-0.15, -0.1) is 0 Å². The molecule has 0 saturated heterocycles. The third-order valence-electron chi connectivity index (χ3n) is 3.16. The lowest BCUT2D eigenvalue weighted by Gasteiger charge is -2.18. The Kier molecular flexibility index (Phi) is 5.41. The normalized spacial score (nSPS) is 13.1. The summed E-state index contributed by atoms with van der Waals surface area (Å²) < 4.78 is 0. The van der Waals surface area contributed by atoms with Gasteiger partial charge in [0.25, 0.3) is 5.91 Å². The van der Waals surface area contributed by atoms with Gasteiger partial charge in [0.05, 0.1) is 12.1 Å². The van der Waals surface area contributed by atoms with E-state index in [1.165, 1.54) is 11.8 Å². The Morgan fingerprint density at radius 3 is 2.35 bits per heavy atom. The molecule has 0 aliphatic heterocycles. The number of carbonyl (C=O) groups is 2. The average Bonchev–Trinajstić information content (AvgIpc) is 2.54. The van der Waals surface area contributed by atoms with E-state index >= 15 is 0 Å². The van der Waals surface area contributed by atoms with E-state index in [9.17, 15) is 14.7 Å². The van der Waals surface area contributed by atoms with Crippen molar-refractivity contribution in [2.45, 2.75) is 22.3 Å². The molecule has 0 spiro atoms. The van der Waals surface area contributed by atoms with Crippen molar-refractivity contribution in [1.29, 1.82) is 0 Å². The van der Waals surface area contributed by atoms with Crippen LogP contribution in [0.4, 0.5) is 0 Å². The predicted octanol–water partition coefficient (Wildman–Crippen LogP) is 2.40. The van der Waals surface area contributed by atoms with Crippen molar-refractivity contribution < 1.29 is 19.8 Å². The van der Waals surface area contributed by atoms with Crippen LogP contribution in [-0.4, -0.2) is 34.2 Å². The highest BCUT2D eigenvalue weighted by molar-refractivity contribution is 7.99. The third kappa shape index (κ3) is 4.58. The van der Waals surface area contributed by atoms with Gasteiger partial charge >= 0.3 is 5.97 Å². The predicted molar refractivity (Wildman–Crippen MR) is 87.6 cm³/mol. The Bertz CT molecular complexity index is 701. The molecule has 0 aliphatic rings. The molecule has 3 N–H and O–H groups in total. The van der Waals surface area contributed by atoms with E-state index in [1.54, 1.807) is 12.1 Å². The van der Waals surface area contributed by atoms with Crippen LogP contribution in [0, 0.1) is 0 Å². The Morgan fingerprint density at radius 1 is 1.09 bits per heavy atom. The number of nitrogens with one attached hydrogen (secondary N) is 1. The number of aliphatic carboxylic acids is 1. The molecule has 2 rings (SSSR count). The zero-order valence-electron chi connectivity index (χ0n) is 12.5. The highest BCUT2D eigenvalue weighted by atomic mass is 32.2. The summed E-state index contributed by atoms with van der Waals surface area (Å²) in [5.74, 6) is -1.81. The monoisotopic (exact) mass is 331 g/mol. The van der Waals surface area contributed by atoms with Crippen molar-refractivity contribution in [1.82, 2.24) is 5.32 Å². The summed E-state index contributed by atoms with van der Waals surface area (Å²) in [4.78, 5) is 24.9. The maximum Gasteiger partial charge on any atom is 0.337 e. The van der Waals surface area contributed by atoms with Gasteiger partial charge in [-0.25, -0.2) is 4.79 Å². The number of rotatable bonds is 6. The van der Waals surface area contributed by atoms with E-state index in [0.717, 1.165) is 16.7 Å². The van der Waals surface area contributed by atoms with Crippen LogP contribution in [0.3, 0.4) is 0 Å². The fraction of sp³-hybridized carbons (Fsp3) is 0.176. The van der Waals surface area contributed by atoms with E-state index in [-0.39, 0.29) is 6.54 Å². The Morgan fingerprint density at radius 2 is 1.70 bits per heavy atom. The number of hydrogen-bond donors (Lipinski definition) is 3. The lowest BCUT2D eigenvalue weighted by atomic mass is 10.1. The number of benzene rings is 2. The third-order valence-corrected chi connectivity index (χ3v) is 4.24. The van der Waals surface area contributed by atoms with Gasteiger partial charge in [-0.05, 0) is 31.2 Å². The summed E-state index contributed by atoms with van der Waals surface area (Å²) >= 11 is 1.44. The van der Waals surface area contributed by atoms with Crippen molar-refractivity contribution in [3.05, 3.63) is 60.2 Å². The van der Waals surface area contributed by atoms with Gasteiger partial charge in [-0.2, -0.15) is 0 Å². The van der Waals surface area contributed by atoms with Crippen molar-refractivity contribution in [2.75, 3.05) is 6.54 Å².